The Morgan fingerprint density at radius 2 is 1.65 bits per heavy atom. The van der Waals surface area contributed by atoms with Crippen molar-refractivity contribution in [2.45, 2.75) is 51.2 Å². The van der Waals surface area contributed by atoms with Crippen molar-refractivity contribution in [3.8, 4) is 5.75 Å². The van der Waals surface area contributed by atoms with Crippen LogP contribution in [0.2, 0.25) is 0 Å². The first-order valence-electron chi connectivity index (χ1n) is 11.0. The largest absolute Gasteiger partial charge is 0.497 e. The first-order chi connectivity index (χ1) is 16.2. The van der Waals surface area contributed by atoms with E-state index in [0.29, 0.717) is 31.4 Å². The van der Waals surface area contributed by atoms with Gasteiger partial charge in [-0.2, -0.15) is 0 Å². The number of hydrogen-bond acceptors (Lipinski definition) is 6. The molecule has 0 aliphatic rings. The van der Waals surface area contributed by atoms with Gasteiger partial charge in [-0.3, -0.25) is 4.79 Å². The number of benzene rings is 2. The number of unbranched alkanes of at least 4 members (excludes halogenated alkanes) is 1. The Balaban J connectivity index is 1.78. The number of methoxy groups -OCH3 is 1. The van der Waals surface area contributed by atoms with Crippen molar-refractivity contribution in [1.82, 2.24) is 10.6 Å². The summed E-state index contributed by atoms with van der Waals surface area (Å²) in [6.45, 7) is 2.08. The molecular weight excluding hydrogens is 444 g/mol. The standard InChI is InChI=1S/C24H30N2O8/c1-3-6-19(22(28)29)26-24(32)34-20(23(30)31)7-4-5-12-25-21(27)17-9-8-16-14-18(33-2)11-10-15(16)13-17/h8-11,13-14,19-20H,3-7,12H2,1-2H3,(H,25,27)(H,26,32)(H,28,29)(H,30,31)/t19-,20-/m0/s1. The Labute approximate surface area is 197 Å². The molecule has 0 heterocycles. The average molecular weight is 475 g/mol. The number of rotatable bonds is 13. The van der Waals surface area contributed by atoms with E-state index in [2.05, 4.69) is 10.6 Å². The zero-order valence-electron chi connectivity index (χ0n) is 19.2. The van der Waals surface area contributed by atoms with E-state index in [1.54, 1.807) is 26.2 Å². The van der Waals surface area contributed by atoms with Crippen molar-refractivity contribution in [1.29, 1.82) is 0 Å². The molecule has 0 aliphatic heterocycles. The number of carboxylic acid groups (broad SMARTS) is 2. The number of nitrogens with one attached hydrogen (secondary N) is 2. The molecule has 0 spiro atoms. The summed E-state index contributed by atoms with van der Waals surface area (Å²) in [5.74, 6) is -2.06. The molecule has 0 radical (unpaired) electrons. The van der Waals surface area contributed by atoms with Gasteiger partial charge in [0.25, 0.3) is 5.91 Å². The SMILES string of the molecule is CCC[C@H](NC(=O)O[C@@H](CCCCNC(=O)c1ccc2cc(OC)ccc2c1)C(=O)O)C(=O)O. The predicted octanol–water partition coefficient (Wildman–Crippen LogP) is 3.18. The Bertz CT molecular complexity index is 1020. The lowest BCUT2D eigenvalue weighted by molar-refractivity contribution is -0.147. The zero-order chi connectivity index (χ0) is 25.1. The minimum Gasteiger partial charge on any atom is -0.497 e. The second-order valence-corrected chi connectivity index (χ2v) is 7.74. The highest BCUT2D eigenvalue weighted by molar-refractivity contribution is 5.98. The third-order valence-electron chi connectivity index (χ3n) is 5.18. The Hall–Kier alpha value is -3.82. The molecule has 0 fully saturated rings. The molecule has 0 aromatic heterocycles. The summed E-state index contributed by atoms with van der Waals surface area (Å²) in [4.78, 5) is 46.8. The number of hydrogen-bond donors (Lipinski definition) is 4. The molecule has 4 N–H and O–H groups in total. The van der Waals surface area contributed by atoms with Crippen molar-refractivity contribution in [3.05, 3.63) is 42.0 Å². The van der Waals surface area contributed by atoms with E-state index < -0.39 is 30.2 Å². The van der Waals surface area contributed by atoms with Crippen LogP contribution in [0.3, 0.4) is 0 Å². The van der Waals surface area contributed by atoms with Gasteiger partial charge in [-0.05, 0) is 60.7 Å². The lowest BCUT2D eigenvalue weighted by atomic mass is 10.1. The van der Waals surface area contributed by atoms with Gasteiger partial charge in [0.1, 0.15) is 11.8 Å². The highest BCUT2D eigenvalue weighted by atomic mass is 16.6. The molecule has 184 valence electrons. The van der Waals surface area contributed by atoms with Gasteiger partial charge in [0.2, 0.25) is 6.10 Å². The highest BCUT2D eigenvalue weighted by Crippen LogP contribution is 2.21. The number of ether oxygens (including phenoxy) is 2. The van der Waals surface area contributed by atoms with Crippen LogP contribution in [0.25, 0.3) is 10.8 Å². The fourth-order valence-electron chi connectivity index (χ4n) is 3.34. The van der Waals surface area contributed by atoms with Crippen LogP contribution in [0.15, 0.2) is 36.4 Å². The number of amides is 2. The van der Waals surface area contributed by atoms with Crippen LogP contribution < -0.4 is 15.4 Å². The molecule has 10 nitrogen and oxygen atoms in total. The highest BCUT2D eigenvalue weighted by Gasteiger charge is 2.25. The van der Waals surface area contributed by atoms with Gasteiger partial charge in [-0.25, -0.2) is 14.4 Å². The Morgan fingerprint density at radius 1 is 0.941 bits per heavy atom. The van der Waals surface area contributed by atoms with E-state index in [9.17, 15) is 24.3 Å². The molecule has 10 heteroatoms. The normalized spacial score (nSPS) is 12.4. The molecule has 2 aromatic rings. The molecule has 34 heavy (non-hydrogen) atoms. The van der Waals surface area contributed by atoms with Gasteiger partial charge in [0.15, 0.2) is 0 Å². The van der Waals surface area contributed by atoms with E-state index in [-0.39, 0.29) is 18.7 Å². The molecule has 0 aliphatic carbocycles. The summed E-state index contributed by atoms with van der Waals surface area (Å²) < 4.78 is 10.1. The van der Waals surface area contributed by atoms with Gasteiger partial charge in [-0.15, -0.1) is 0 Å². The smallest absolute Gasteiger partial charge is 0.408 e. The number of carboxylic acids is 2. The first-order valence-corrected chi connectivity index (χ1v) is 11.0. The molecule has 2 rings (SSSR count). The molecule has 2 aromatic carbocycles. The number of carbonyl (C=O) groups excluding carboxylic acids is 2. The minimum atomic E-state index is -1.41. The van der Waals surface area contributed by atoms with Gasteiger partial charge in [-0.1, -0.05) is 25.5 Å². The molecular formula is C24H30N2O8. The Kier molecular flexibility index (Phi) is 10.1. The van der Waals surface area contributed by atoms with Crippen LogP contribution in [0.5, 0.6) is 5.75 Å². The summed E-state index contributed by atoms with van der Waals surface area (Å²) in [6, 6.07) is 9.75. The van der Waals surface area contributed by atoms with Crippen LogP contribution >= 0.6 is 0 Å². The fourth-order valence-corrected chi connectivity index (χ4v) is 3.34. The van der Waals surface area contributed by atoms with Gasteiger partial charge in [0, 0.05) is 12.1 Å². The zero-order valence-corrected chi connectivity index (χ0v) is 19.2. The van der Waals surface area contributed by atoms with Crippen LogP contribution in [0.1, 0.15) is 49.4 Å². The lowest BCUT2D eigenvalue weighted by Crippen LogP contribution is -2.43. The number of aliphatic carboxylic acids is 2. The predicted molar refractivity (Wildman–Crippen MR) is 124 cm³/mol. The van der Waals surface area contributed by atoms with E-state index in [1.807, 2.05) is 24.3 Å². The quantitative estimate of drug-likeness (QED) is 0.323. The van der Waals surface area contributed by atoms with Crippen LogP contribution in [0, 0.1) is 0 Å². The van der Waals surface area contributed by atoms with Crippen molar-refractivity contribution >= 4 is 34.7 Å². The van der Waals surface area contributed by atoms with Gasteiger partial charge >= 0.3 is 18.0 Å². The van der Waals surface area contributed by atoms with Crippen LogP contribution in [0.4, 0.5) is 4.79 Å². The molecule has 0 unspecified atom stereocenters. The number of carbonyl (C=O) groups is 4. The van der Waals surface area contributed by atoms with Crippen LogP contribution in [-0.2, 0) is 14.3 Å². The van der Waals surface area contributed by atoms with Crippen LogP contribution in [-0.4, -0.2) is 60.0 Å². The van der Waals surface area contributed by atoms with Crippen molar-refractivity contribution < 1.29 is 38.9 Å². The Morgan fingerprint density at radius 3 is 2.29 bits per heavy atom. The minimum absolute atomic E-state index is 0.0297. The summed E-state index contributed by atoms with van der Waals surface area (Å²) in [7, 11) is 1.59. The van der Waals surface area contributed by atoms with Gasteiger partial charge in [0.05, 0.1) is 7.11 Å². The van der Waals surface area contributed by atoms with Crippen molar-refractivity contribution in [3.63, 3.8) is 0 Å². The second-order valence-electron chi connectivity index (χ2n) is 7.74. The van der Waals surface area contributed by atoms with Gasteiger partial charge < -0.3 is 30.3 Å². The maximum Gasteiger partial charge on any atom is 0.408 e. The second kappa shape index (κ2) is 13.0. The summed E-state index contributed by atoms with van der Waals surface area (Å²) in [5, 5.41) is 25.2. The van der Waals surface area contributed by atoms with E-state index in [4.69, 9.17) is 14.6 Å². The molecule has 0 saturated heterocycles. The topological polar surface area (TPSA) is 151 Å². The number of alkyl carbamates (subject to hydrolysis) is 1. The summed E-state index contributed by atoms with van der Waals surface area (Å²) in [6.07, 6.45) is -0.896. The summed E-state index contributed by atoms with van der Waals surface area (Å²) >= 11 is 0. The third-order valence-corrected chi connectivity index (χ3v) is 5.18. The van der Waals surface area contributed by atoms with Crippen molar-refractivity contribution in [2.24, 2.45) is 0 Å². The summed E-state index contributed by atoms with van der Waals surface area (Å²) in [5.41, 5.74) is 0.501. The van der Waals surface area contributed by atoms with E-state index in [1.165, 1.54) is 0 Å². The number of fused-ring (bicyclic) bond motifs is 1. The van der Waals surface area contributed by atoms with E-state index in [0.717, 1.165) is 16.5 Å². The molecule has 2 atom stereocenters. The average Bonchev–Trinajstić information content (AvgIpc) is 2.81. The molecule has 0 bridgehead atoms. The first kappa shape index (κ1) is 26.4. The molecule has 2 amide bonds. The van der Waals surface area contributed by atoms with Crippen molar-refractivity contribution in [2.75, 3.05) is 13.7 Å². The third kappa shape index (κ3) is 7.95. The maximum atomic E-state index is 12.4. The fraction of sp³-hybridized carbons (Fsp3) is 0.417. The maximum absolute atomic E-state index is 12.4. The monoisotopic (exact) mass is 474 g/mol. The lowest BCUT2D eigenvalue weighted by Gasteiger charge is -2.17. The van der Waals surface area contributed by atoms with E-state index >= 15 is 0 Å². The molecule has 0 saturated carbocycles.